The molecule has 1 fully saturated rings. The van der Waals surface area contributed by atoms with Crippen LogP contribution < -0.4 is 5.32 Å². The van der Waals surface area contributed by atoms with Gasteiger partial charge in [0.25, 0.3) is 5.91 Å². The lowest BCUT2D eigenvalue weighted by Crippen LogP contribution is -2.33. The second kappa shape index (κ2) is 6.36. The highest BCUT2D eigenvalue weighted by molar-refractivity contribution is 5.98. The number of nitrogens with one attached hydrogen (secondary N) is 1. The Morgan fingerprint density at radius 3 is 2.76 bits per heavy atom. The largest absolute Gasteiger partial charge is 0.331 e. The molecular weight excluding hydrogens is 312 g/mol. The van der Waals surface area contributed by atoms with Crippen molar-refractivity contribution in [1.82, 2.24) is 4.90 Å². The number of aryl methyl sites for hydroxylation is 2. The van der Waals surface area contributed by atoms with Crippen LogP contribution in [0.5, 0.6) is 0 Å². The zero-order valence-electron chi connectivity index (χ0n) is 14.4. The molecule has 4 rings (SSSR count). The van der Waals surface area contributed by atoms with E-state index in [9.17, 15) is 9.59 Å². The van der Waals surface area contributed by atoms with E-state index < -0.39 is 0 Å². The SMILES string of the molecule is Cc1cccc(CN(C(=O)c2ccc3c(c2)CCC(=O)N3)C2CC2)c1. The second-order valence-electron chi connectivity index (χ2n) is 7.07. The third-order valence-electron chi connectivity index (χ3n) is 4.93. The summed E-state index contributed by atoms with van der Waals surface area (Å²) < 4.78 is 0. The zero-order valence-corrected chi connectivity index (χ0v) is 14.4. The van der Waals surface area contributed by atoms with Gasteiger partial charge in [-0.1, -0.05) is 29.8 Å². The summed E-state index contributed by atoms with van der Waals surface area (Å²) in [5, 5.41) is 2.87. The molecule has 1 aliphatic carbocycles. The Morgan fingerprint density at radius 1 is 1.16 bits per heavy atom. The lowest BCUT2D eigenvalue weighted by Gasteiger charge is -2.24. The van der Waals surface area contributed by atoms with E-state index in [2.05, 4.69) is 30.4 Å². The summed E-state index contributed by atoms with van der Waals surface area (Å²) in [4.78, 5) is 26.6. The number of benzene rings is 2. The van der Waals surface area contributed by atoms with Gasteiger partial charge in [0.1, 0.15) is 0 Å². The Labute approximate surface area is 147 Å². The molecule has 1 heterocycles. The van der Waals surface area contributed by atoms with Gasteiger partial charge in [-0.25, -0.2) is 0 Å². The van der Waals surface area contributed by atoms with Gasteiger partial charge in [0, 0.05) is 30.3 Å². The van der Waals surface area contributed by atoms with Gasteiger partial charge in [0.15, 0.2) is 0 Å². The molecule has 2 amide bonds. The van der Waals surface area contributed by atoms with Crippen LogP contribution in [0.2, 0.25) is 0 Å². The van der Waals surface area contributed by atoms with Crippen LogP contribution in [0.4, 0.5) is 5.69 Å². The van der Waals surface area contributed by atoms with E-state index in [0.717, 1.165) is 29.7 Å². The third-order valence-corrected chi connectivity index (χ3v) is 4.93. The number of hydrogen-bond acceptors (Lipinski definition) is 2. The molecule has 0 saturated heterocycles. The molecule has 1 saturated carbocycles. The van der Waals surface area contributed by atoms with E-state index in [-0.39, 0.29) is 11.8 Å². The van der Waals surface area contributed by atoms with Crippen molar-refractivity contribution in [3.63, 3.8) is 0 Å². The number of nitrogens with zero attached hydrogens (tertiary/aromatic N) is 1. The molecule has 4 nitrogen and oxygen atoms in total. The van der Waals surface area contributed by atoms with Crippen molar-refractivity contribution < 1.29 is 9.59 Å². The fourth-order valence-corrected chi connectivity index (χ4v) is 3.44. The maximum atomic E-state index is 13.1. The summed E-state index contributed by atoms with van der Waals surface area (Å²) in [6, 6.07) is 14.3. The van der Waals surface area contributed by atoms with E-state index in [4.69, 9.17) is 0 Å². The molecule has 2 aromatic carbocycles. The summed E-state index contributed by atoms with van der Waals surface area (Å²) >= 11 is 0. The number of anilines is 1. The highest BCUT2D eigenvalue weighted by Gasteiger charge is 2.33. The summed E-state index contributed by atoms with van der Waals surface area (Å²) in [6.07, 6.45) is 3.35. The van der Waals surface area contributed by atoms with Crippen LogP contribution in [0, 0.1) is 6.92 Å². The van der Waals surface area contributed by atoms with E-state index in [1.807, 2.05) is 29.2 Å². The van der Waals surface area contributed by atoms with E-state index >= 15 is 0 Å². The van der Waals surface area contributed by atoms with Crippen molar-refractivity contribution >= 4 is 17.5 Å². The maximum absolute atomic E-state index is 13.1. The van der Waals surface area contributed by atoms with Crippen molar-refractivity contribution in [1.29, 1.82) is 0 Å². The molecule has 2 aromatic rings. The average molecular weight is 334 g/mol. The normalized spacial score (nSPS) is 16.1. The number of carbonyl (C=O) groups is 2. The van der Waals surface area contributed by atoms with Crippen LogP contribution in [0.3, 0.4) is 0 Å². The topological polar surface area (TPSA) is 49.4 Å². The van der Waals surface area contributed by atoms with Gasteiger partial charge in [-0.15, -0.1) is 0 Å². The maximum Gasteiger partial charge on any atom is 0.254 e. The second-order valence-corrected chi connectivity index (χ2v) is 7.07. The van der Waals surface area contributed by atoms with Crippen molar-refractivity contribution in [3.8, 4) is 0 Å². The van der Waals surface area contributed by atoms with Crippen LogP contribution in [0.25, 0.3) is 0 Å². The Morgan fingerprint density at radius 2 is 2.00 bits per heavy atom. The quantitative estimate of drug-likeness (QED) is 0.927. The molecule has 0 radical (unpaired) electrons. The highest BCUT2D eigenvalue weighted by atomic mass is 16.2. The molecule has 1 N–H and O–H groups in total. The van der Waals surface area contributed by atoms with Crippen LogP contribution in [0.1, 0.15) is 46.3 Å². The lowest BCUT2D eigenvalue weighted by molar-refractivity contribution is -0.116. The highest BCUT2D eigenvalue weighted by Crippen LogP contribution is 2.31. The number of carbonyl (C=O) groups excluding carboxylic acids is 2. The van der Waals surface area contributed by atoms with Gasteiger partial charge in [0.05, 0.1) is 0 Å². The van der Waals surface area contributed by atoms with Gasteiger partial charge in [-0.3, -0.25) is 9.59 Å². The Hall–Kier alpha value is -2.62. The number of hydrogen-bond donors (Lipinski definition) is 1. The zero-order chi connectivity index (χ0) is 17.4. The number of amides is 2. The first-order valence-corrected chi connectivity index (χ1v) is 8.89. The molecule has 0 unspecified atom stereocenters. The Kier molecular flexibility index (Phi) is 4.04. The van der Waals surface area contributed by atoms with Crippen LogP contribution in [-0.4, -0.2) is 22.8 Å². The van der Waals surface area contributed by atoms with Gasteiger partial charge in [-0.2, -0.15) is 0 Å². The van der Waals surface area contributed by atoms with Crippen molar-refractivity contribution in [2.45, 2.75) is 45.2 Å². The van der Waals surface area contributed by atoms with E-state index in [1.54, 1.807) is 0 Å². The molecule has 4 heteroatoms. The Balaban J connectivity index is 1.58. The molecule has 0 atom stereocenters. The van der Waals surface area contributed by atoms with Gasteiger partial charge in [-0.05, 0) is 55.5 Å². The number of fused-ring (bicyclic) bond motifs is 1. The predicted octanol–water partition coefficient (Wildman–Crippen LogP) is 3.68. The van der Waals surface area contributed by atoms with E-state index in [1.165, 1.54) is 11.1 Å². The first kappa shape index (κ1) is 15.9. The van der Waals surface area contributed by atoms with Crippen molar-refractivity contribution in [3.05, 3.63) is 64.7 Å². The molecule has 25 heavy (non-hydrogen) atoms. The standard InChI is InChI=1S/C21H22N2O2/c1-14-3-2-4-15(11-14)13-23(18-7-8-18)21(25)17-5-9-19-16(12-17)6-10-20(24)22-19/h2-5,9,11-12,18H,6-8,10,13H2,1H3,(H,22,24). The van der Waals surface area contributed by atoms with Gasteiger partial charge >= 0.3 is 0 Å². The minimum absolute atomic E-state index is 0.0469. The molecule has 1 aliphatic heterocycles. The van der Waals surface area contributed by atoms with E-state index in [0.29, 0.717) is 25.4 Å². The lowest BCUT2D eigenvalue weighted by atomic mass is 9.99. The van der Waals surface area contributed by atoms with Crippen molar-refractivity contribution in [2.24, 2.45) is 0 Å². The number of rotatable bonds is 4. The minimum atomic E-state index is 0.0469. The minimum Gasteiger partial charge on any atom is -0.331 e. The summed E-state index contributed by atoms with van der Waals surface area (Å²) in [5.41, 5.74) is 4.99. The molecular formula is C21H22N2O2. The molecule has 128 valence electrons. The van der Waals surface area contributed by atoms with Crippen LogP contribution in [0.15, 0.2) is 42.5 Å². The fourth-order valence-electron chi connectivity index (χ4n) is 3.44. The smallest absolute Gasteiger partial charge is 0.254 e. The molecule has 0 aromatic heterocycles. The summed E-state index contributed by atoms with van der Waals surface area (Å²) in [6.45, 7) is 2.73. The molecule has 0 bridgehead atoms. The predicted molar refractivity (Wildman–Crippen MR) is 97.5 cm³/mol. The fraction of sp³-hybridized carbons (Fsp3) is 0.333. The Bertz CT molecular complexity index is 840. The first-order chi connectivity index (χ1) is 12.1. The van der Waals surface area contributed by atoms with Gasteiger partial charge < -0.3 is 10.2 Å². The summed E-state index contributed by atoms with van der Waals surface area (Å²) in [7, 11) is 0. The average Bonchev–Trinajstić information content (AvgIpc) is 3.43. The monoisotopic (exact) mass is 334 g/mol. The van der Waals surface area contributed by atoms with Gasteiger partial charge in [0.2, 0.25) is 5.91 Å². The summed E-state index contributed by atoms with van der Waals surface area (Å²) in [5.74, 6) is 0.134. The third kappa shape index (κ3) is 3.43. The molecule has 0 spiro atoms. The first-order valence-electron chi connectivity index (χ1n) is 8.89. The van der Waals surface area contributed by atoms with Crippen LogP contribution in [-0.2, 0) is 17.8 Å². The molecule has 2 aliphatic rings. The van der Waals surface area contributed by atoms with Crippen molar-refractivity contribution in [2.75, 3.05) is 5.32 Å². The van der Waals surface area contributed by atoms with Crippen LogP contribution >= 0.6 is 0 Å².